The van der Waals surface area contributed by atoms with E-state index in [4.69, 9.17) is 10.6 Å². The molecule has 0 radical (unpaired) electrons. The van der Waals surface area contributed by atoms with E-state index in [1.165, 1.54) is 0 Å². The average molecular weight is 293 g/mol. The second-order valence-corrected chi connectivity index (χ2v) is 5.15. The first-order chi connectivity index (χ1) is 10.1. The van der Waals surface area contributed by atoms with Crippen LogP contribution >= 0.6 is 0 Å². The lowest BCUT2D eigenvalue weighted by atomic mass is 10.1. The highest BCUT2D eigenvalue weighted by Crippen LogP contribution is 2.29. The fourth-order valence-electron chi connectivity index (χ4n) is 2.25. The molecule has 0 aliphatic carbocycles. The third kappa shape index (κ3) is 3.23. The van der Waals surface area contributed by atoms with Crippen LogP contribution in [0.25, 0.3) is 0 Å². The maximum absolute atomic E-state index is 5.77. The Morgan fingerprint density at radius 2 is 2.19 bits per heavy atom. The zero-order valence-electron chi connectivity index (χ0n) is 12.9. The zero-order valence-corrected chi connectivity index (χ0v) is 12.9. The van der Waals surface area contributed by atoms with Gasteiger partial charge in [0.05, 0.1) is 38.1 Å². The number of likely N-dealkylation sites (N-methyl/N-ethyl adjacent to an activating group) is 1. The summed E-state index contributed by atoms with van der Waals surface area (Å²) in [5, 5.41) is 4.41. The van der Waals surface area contributed by atoms with Gasteiger partial charge in [0, 0.05) is 13.6 Å². The number of aromatic nitrogens is 4. The molecule has 0 amide bonds. The number of nitrogens with one attached hydrogen (secondary N) is 1. The highest BCUT2D eigenvalue weighted by molar-refractivity contribution is 5.33. The summed E-state index contributed by atoms with van der Waals surface area (Å²) in [5.74, 6) is 6.48. The monoisotopic (exact) mass is 293 g/mol. The van der Waals surface area contributed by atoms with E-state index >= 15 is 0 Å². The van der Waals surface area contributed by atoms with Crippen molar-refractivity contribution in [1.82, 2.24) is 29.7 Å². The van der Waals surface area contributed by atoms with E-state index in [-0.39, 0.29) is 6.04 Å². The Bertz CT molecular complexity index is 575. The van der Waals surface area contributed by atoms with Crippen LogP contribution in [0.5, 0.6) is 5.75 Å². The molecule has 116 valence electrons. The van der Waals surface area contributed by atoms with Gasteiger partial charge >= 0.3 is 0 Å². The molecular formula is C13H23N7O. The number of nitrogens with two attached hydrogens (primary N) is 1. The molecule has 0 bridgehead atoms. The van der Waals surface area contributed by atoms with Crippen LogP contribution in [-0.2, 0) is 13.6 Å². The van der Waals surface area contributed by atoms with Crippen molar-refractivity contribution in [3.05, 3.63) is 30.1 Å². The summed E-state index contributed by atoms with van der Waals surface area (Å²) in [4.78, 5) is 6.25. The molecule has 1 unspecified atom stereocenters. The highest BCUT2D eigenvalue weighted by atomic mass is 16.5. The van der Waals surface area contributed by atoms with E-state index in [1.54, 1.807) is 25.8 Å². The van der Waals surface area contributed by atoms with E-state index in [1.807, 2.05) is 30.4 Å². The summed E-state index contributed by atoms with van der Waals surface area (Å²) in [6.07, 6.45) is 5.24. The van der Waals surface area contributed by atoms with Crippen molar-refractivity contribution >= 4 is 0 Å². The van der Waals surface area contributed by atoms with Gasteiger partial charge in [-0.2, -0.15) is 5.10 Å². The predicted molar refractivity (Wildman–Crippen MR) is 79.7 cm³/mol. The summed E-state index contributed by atoms with van der Waals surface area (Å²) < 4.78 is 9.27. The number of nitrogens with zero attached hydrogens (tertiary/aromatic N) is 5. The molecular weight excluding hydrogens is 270 g/mol. The third-order valence-corrected chi connectivity index (χ3v) is 3.41. The van der Waals surface area contributed by atoms with E-state index in [0.29, 0.717) is 5.75 Å². The summed E-state index contributed by atoms with van der Waals surface area (Å²) in [6, 6.07) is -0.239. The van der Waals surface area contributed by atoms with Gasteiger partial charge in [-0.25, -0.2) is 10.4 Å². The first-order valence-corrected chi connectivity index (χ1v) is 6.75. The lowest BCUT2D eigenvalue weighted by Gasteiger charge is -2.20. The molecule has 8 nitrogen and oxygen atoms in total. The lowest BCUT2D eigenvalue weighted by molar-refractivity contribution is 0.358. The fraction of sp³-hybridized carbons (Fsp3) is 0.538. The van der Waals surface area contributed by atoms with Gasteiger partial charge in [-0.1, -0.05) is 0 Å². The molecule has 0 saturated carbocycles. The molecule has 2 heterocycles. The van der Waals surface area contributed by atoms with E-state index in [9.17, 15) is 0 Å². The lowest BCUT2D eigenvalue weighted by Crippen LogP contribution is -2.33. The molecule has 0 aliphatic rings. The maximum atomic E-state index is 5.77. The molecule has 2 aromatic rings. The maximum Gasteiger partial charge on any atom is 0.162 e. The van der Waals surface area contributed by atoms with Crippen molar-refractivity contribution < 1.29 is 4.74 Å². The second-order valence-electron chi connectivity index (χ2n) is 5.15. The number of hydrazine groups is 1. The predicted octanol–water partition coefficient (Wildman–Crippen LogP) is -0.260. The molecule has 3 N–H and O–H groups in total. The molecule has 0 spiro atoms. The Morgan fingerprint density at radius 3 is 2.71 bits per heavy atom. The molecule has 0 saturated heterocycles. The van der Waals surface area contributed by atoms with E-state index in [0.717, 1.165) is 24.5 Å². The summed E-state index contributed by atoms with van der Waals surface area (Å²) in [6.45, 7) is 1.63. The van der Waals surface area contributed by atoms with Gasteiger partial charge in [0.15, 0.2) is 5.75 Å². The van der Waals surface area contributed by atoms with E-state index in [2.05, 4.69) is 20.4 Å². The Balaban J connectivity index is 2.39. The number of ether oxygens (including phenoxy) is 1. The van der Waals surface area contributed by atoms with Crippen LogP contribution in [-0.4, -0.2) is 52.0 Å². The minimum Gasteiger partial charge on any atom is -0.493 e. The quantitative estimate of drug-likeness (QED) is 0.540. The van der Waals surface area contributed by atoms with Gasteiger partial charge in [0.2, 0.25) is 0 Å². The average Bonchev–Trinajstić information content (AvgIpc) is 3.05. The first-order valence-electron chi connectivity index (χ1n) is 6.75. The van der Waals surface area contributed by atoms with E-state index < -0.39 is 0 Å². The topological polar surface area (TPSA) is 86.2 Å². The fourth-order valence-corrected chi connectivity index (χ4v) is 2.25. The first kappa shape index (κ1) is 15.5. The van der Waals surface area contributed by atoms with Gasteiger partial charge in [-0.05, 0) is 14.1 Å². The van der Waals surface area contributed by atoms with Crippen LogP contribution in [0, 0.1) is 0 Å². The standard InChI is InChI=1S/C13H23N7O/c1-18(2)5-6-20-13(11(21-4)8-16-20)12(17-14)10-7-15-9-19(10)3/h7-9,12,17H,5-6,14H2,1-4H3. The number of methoxy groups -OCH3 is 1. The number of aryl methyl sites for hydroxylation is 1. The van der Waals surface area contributed by atoms with Crippen molar-refractivity contribution in [2.75, 3.05) is 27.7 Å². The third-order valence-electron chi connectivity index (χ3n) is 3.41. The molecule has 21 heavy (non-hydrogen) atoms. The van der Waals surface area contributed by atoms with Gasteiger partial charge in [0.1, 0.15) is 11.7 Å². The number of hydrogen-bond acceptors (Lipinski definition) is 6. The van der Waals surface area contributed by atoms with Crippen LogP contribution < -0.4 is 16.0 Å². The van der Waals surface area contributed by atoms with Crippen LogP contribution in [0.15, 0.2) is 18.7 Å². The Morgan fingerprint density at radius 1 is 1.43 bits per heavy atom. The summed E-state index contributed by atoms with van der Waals surface area (Å²) in [7, 11) is 7.62. The molecule has 0 aliphatic heterocycles. The van der Waals surface area contributed by atoms with Crippen LogP contribution in [0.1, 0.15) is 17.4 Å². The minimum absolute atomic E-state index is 0.239. The van der Waals surface area contributed by atoms with Crippen molar-refractivity contribution in [3.8, 4) is 5.75 Å². The van der Waals surface area contributed by atoms with Gasteiger partial charge in [-0.3, -0.25) is 10.5 Å². The molecule has 2 rings (SSSR count). The van der Waals surface area contributed by atoms with Crippen LogP contribution in [0.3, 0.4) is 0 Å². The molecule has 2 aromatic heterocycles. The molecule has 0 aromatic carbocycles. The van der Waals surface area contributed by atoms with Crippen LogP contribution in [0.2, 0.25) is 0 Å². The largest absolute Gasteiger partial charge is 0.493 e. The van der Waals surface area contributed by atoms with Gasteiger partial charge in [0.25, 0.3) is 0 Å². The number of rotatable bonds is 7. The Kier molecular flexibility index (Phi) is 4.94. The van der Waals surface area contributed by atoms with Gasteiger partial charge in [-0.15, -0.1) is 0 Å². The van der Waals surface area contributed by atoms with Gasteiger partial charge < -0.3 is 14.2 Å². The SMILES string of the molecule is COc1cnn(CCN(C)C)c1C(NN)c1cncn1C. The summed E-state index contributed by atoms with van der Waals surface area (Å²) in [5.41, 5.74) is 4.68. The second kappa shape index (κ2) is 6.70. The van der Waals surface area contributed by atoms with Crippen molar-refractivity contribution in [2.45, 2.75) is 12.6 Å². The smallest absolute Gasteiger partial charge is 0.162 e. The highest BCUT2D eigenvalue weighted by Gasteiger charge is 2.24. The van der Waals surface area contributed by atoms with Crippen molar-refractivity contribution in [1.29, 1.82) is 0 Å². The molecule has 8 heteroatoms. The number of hydrogen-bond donors (Lipinski definition) is 2. The summed E-state index contributed by atoms with van der Waals surface area (Å²) >= 11 is 0. The molecule has 0 fully saturated rings. The normalized spacial score (nSPS) is 12.9. The van der Waals surface area contributed by atoms with Crippen LogP contribution in [0.4, 0.5) is 0 Å². The zero-order chi connectivity index (χ0) is 15.4. The Hall–Kier alpha value is -1.90. The number of imidazole rings is 1. The molecule has 1 atom stereocenters. The Labute approximate surface area is 124 Å². The van der Waals surface area contributed by atoms with Crippen molar-refractivity contribution in [2.24, 2.45) is 12.9 Å². The minimum atomic E-state index is -0.239. The van der Waals surface area contributed by atoms with Crippen molar-refractivity contribution in [3.63, 3.8) is 0 Å².